The van der Waals surface area contributed by atoms with Gasteiger partial charge in [-0.05, 0) is 0 Å². The molecule has 1 aromatic heterocycles. The predicted molar refractivity (Wildman–Crippen MR) is 48.3 cm³/mol. The topological polar surface area (TPSA) is 17.3 Å². The molecule has 0 aromatic carbocycles. The SMILES string of the molecule is CCCN=Cc1ccc[n]1[Po]. The number of nitrogens with zero attached hydrogens (tertiary/aromatic N) is 2. The van der Waals surface area contributed by atoms with Crippen LogP contribution in [0.15, 0.2) is 23.3 Å². The zero-order valence-corrected chi connectivity index (χ0v) is 9.70. The van der Waals surface area contributed by atoms with E-state index in [4.69, 9.17) is 0 Å². The van der Waals surface area contributed by atoms with Crippen LogP contribution in [0, 0.1) is 0 Å². The molecule has 0 fully saturated rings. The molecule has 0 saturated carbocycles. The number of hydrogen-bond donors (Lipinski definition) is 0. The average molecular weight is 344 g/mol. The van der Waals surface area contributed by atoms with E-state index in [1.54, 1.807) is 0 Å². The molecule has 1 heterocycles. The van der Waals surface area contributed by atoms with Gasteiger partial charge in [0, 0.05) is 0 Å². The Morgan fingerprint density at radius 3 is 3.09 bits per heavy atom. The van der Waals surface area contributed by atoms with Crippen LogP contribution >= 0.6 is 0 Å². The van der Waals surface area contributed by atoms with Gasteiger partial charge in [0.05, 0.1) is 0 Å². The van der Waals surface area contributed by atoms with Crippen molar-refractivity contribution < 1.29 is 0 Å². The zero-order valence-electron chi connectivity index (χ0n) is 6.53. The van der Waals surface area contributed by atoms with Gasteiger partial charge in [-0.25, -0.2) is 0 Å². The van der Waals surface area contributed by atoms with Gasteiger partial charge in [0.25, 0.3) is 0 Å². The summed E-state index contributed by atoms with van der Waals surface area (Å²) >= 11 is 1.43. The second kappa shape index (κ2) is 4.67. The molecule has 0 aliphatic heterocycles. The number of hydrogen-bond acceptors (Lipinski definition) is 1. The standard InChI is InChI=1S/C8H11N2.Po/c1-2-5-9-7-8-4-3-6-10-8;/h3-4,6-7H,2,5H2,1H3;/q-1;+1. The molecule has 0 aliphatic carbocycles. The summed E-state index contributed by atoms with van der Waals surface area (Å²) in [6.45, 7) is 3.06. The Balaban J connectivity index is 2.56. The molecular weight excluding hydrogens is 333 g/mol. The number of aliphatic imine (C=N–C) groups is 1. The first-order valence-corrected chi connectivity index (χ1v) is 5.11. The third-order valence-electron chi connectivity index (χ3n) is 1.32. The Morgan fingerprint density at radius 1 is 1.73 bits per heavy atom. The zero-order chi connectivity index (χ0) is 8.10. The molecule has 59 valence electrons. The van der Waals surface area contributed by atoms with Gasteiger partial charge in [-0.15, -0.1) is 0 Å². The molecule has 0 amide bonds. The molecule has 1 rings (SSSR count). The van der Waals surface area contributed by atoms with Gasteiger partial charge in [-0.2, -0.15) is 0 Å². The molecule has 3 heteroatoms. The van der Waals surface area contributed by atoms with Crippen molar-refractivity contribution in [3.8, 4) is 0 Å². The van der Waals surface area contributed by atoms with Gasteiger partial charge < -0.3 is 0 Å². The normalized spacial score (nSPS) is 11.0. The Kier molecular flexibility index (Phi) is 3.79. The fourth-order valence-electron chi connectivity index (χ4n) is 0.766. The van der Waals surface area contributed by atoms with Crippen molar-refractivity contribution >= 4 is 31.6 Å². The van der Waals surface area contributed by atoms with Gasteiger partial charge >= 0.3 is 82.9 Å². The summed E-state index contributed by atoms with van der Waals surface area (Å²) in [5, 5.41) is 0. The van der Waals surface area contributed by atoms with Crippen LogP contribution in [0.25, 0.3) is 0 Å². The van der Waals surface area contributed by atoms with Crippen molar-refractivity contribution in [2.24, 2.45) is 4.99 Å². The first-order valence-electron chi connectivity index (χ1n) is 3.69. The van der Waals surface area contributed by atoms with Gasteiger partial charge in [0.15, 0.2) is 0 Å². The maximum atomic E-state index is 4.26. The Morgan fingerprint density at radius 2 is 2.55 bits per heavy atom. The second-order valence-corrected chi connectivity index (χ2v) is 3.82. The van der Waals surface area contributed by atoms with Gasteiger partial charge in [-0.1, -0.05) is 0 Å². The molecule has 11 heavy (non-hydrogen) atoms. The van der Waals surface area contributed by atoms with E-state index in [1.165, 1.54) is 31.1 Å². The van der Waals surface area contributed by atoms with Gasteiger partial charge in [0.2, 0.25) is 0 Å². The van der Waals surface area contributed by atoms with Crippen molar-refractivity contribution in [1.82, 2.24) is 2.47 Å². The summed E-state index contributed by atoms with van der Waals surface area (Å²) in [4.78, 5) is 4.26. The molecule has 1 aromatic rings. The summed E-state index contributed by atoms with van der Waals surface area (Å²) in [5.74, 6) is 0. The van der Waals surface area contributed by atoms with E-state index in [1.807, 2.05) is 12.3 Å². The van der Waals surface area contributed by atoms with Crippen LogP contribution in [-0.2, 0) is 0 Å². The molecule has 0 N–H and O–H groups in total. The van der Waals surface area contributed by atoms with Crippen LogP contribution in [-0.4, -0.2) is 40.6 Å². The molecule has 2 nitrogen and oxygen atoms in total. The first kappa shape index (κ1) is 8.94. The van der Waals surface area contributed by atoms with Crippen LogP contribution in [0.5, 0.6) is 0 Å². The fourth-order valence-corrected chi connectivity index (χ4v) is 1.46. The second-order valence-electron chi connectivity index (χ2n) is 2.29. The Labute approximate surface area is 82.9 Å². The molecule has 0 saturated heterocycles. The first-order chi connectivity index (χ1) is 5.34. The maximum absolute atomic E-state index is 4.26. The monoisotopic (exact) mass is 344 g/mol. The van der Waals surface area contributed by atoms with Crippen molar-refractivity contribution in [3.63, 3.8) is 0 Å². The number of rotatable bonds is 3. The molecule has 1 radical (unpaired) electrons. The van der Waals surface area contributed by atoms with Crippen LogP contribution in [0.2, 0.25) is 0 Å². The molecule has 0 atom stereocenters. The summed E-state index contributed by atoms with van der Waals surface area (Å²) < 4.78 is 2.14. The molecule has 0 spiro atoms. The van der Waals surface area contributed by atoms with Crippen molar-refractivity contribution in [2.45, 2.75) is 13.3 Å². The van der Waals surface area contributed by atoms with Crippen molar-refractivity contribution in [2.75, 3.05) is 6.54 Å². The quantitative estimate of drug-likeness (QED) is 0.735. The Hall–Kier alpha value is -0.154. The molecule has 0 aliphatic rings. The van der Waals surface area contributed by atoms with Crippen LogP contribution in [0.4, 0.5) is 0 Å². The predicted octanol–water partition coefficient (Wildman–Crippen LogP) is 1.25. The van der Waals surface area contributed by atoms with Gasteiger partial charge in [-0.3, -0.25) is 0 Å². The summed E-state index contributed by atoms with van der Waals surface area (Å²) in [6, 6.07) is 4.12. The molecular formula is C8H11N2Po. The van der Waals surface area contributed by atoms with E-state index in [0.717, 1.165) is 13.0 Å². The third-order valence-corrected chi connectivity index (χ3v) is 2.61. The van der Waals surface area contributed by atoms with Crippen LogP contribution in [0.3, 0.4) is 0 Å². The van der Waals surface area contributed by atoms with Gasteiger partial charge in [0.1, 0.15) is 0 Å². The van der Waals surface area contributed by atoms with Crippen LogP contribution < -0.4 is 0 Å². The third kappa shape index (κ3) is 2.75. The van der Waals surface area contributed by atoms with Crippen LogP contribution in [0.1, 0.15) is 19.0 Å². The summed E-state index contributed by atoms with van der Waals surface area (Å²) in [6.07, 6.45) is 5.12. The minimum absolute atomic E-state index is 0.931. The number of aromatic nitrogens is 1. The minimum atomic E-state index is 0.931. The summed E-state index contributed by atoms with van der Waals surface area (Å²) in [7, 11) is 0. The van der Waals surface area contributed by atoms with E-state index in [-0.39, 0.29) is 0 Å². The fraction of sp³-hybridized carbons (Fsp3) is 0.375. The summed E-state index contributed by atoms with van der Waals surface area (Å²) in [5.41, 5.74) is 1.20. The average Bonchev–Trinajstić information content (AvgIpc) is 2.37. The van der Waals surface area contributed by atoms with Crippen molar-refractivity contribution in [3.05, 3.63) is 24.0 Å². The molecule has 0 bridgehead atoms. The van der Waals surface area contributed by atoms with E-state index < -0.39 is 0 Å². The molecule has 0 unspecified atom stereocenters. The van der Waals surface area contributed by atoms with E-state index >= 15 is 0 Å². The Bertz CT molecular complexity index is 240. The van der Waals surface area contributed by atoms with E-state index in [0.29, 0.717) is 0 Å². The van der Waals surface area contributed by atoms with Crippen molar-refractivity contribution in [1.29, 1.82) is 0 Å². The van der Waals surface area contributed by atoms with E-state index in [9.17, 15) is 0 Å². The van der Waals surface area contributed by atoms with E-state index in [2.05, 4.69) is 26.6 Å².